The molecule has 6 nitrogen and oxygen atoms in total. The van der Waals surface area contributed by atoms with Gasteiger partial charge in [-0.3, -0.25) is 5.73 Å². The molecule has 0 saturated heterocycles. The number of rotatable bonds is 3. The monoisotopic (exact) mass is 202 g/mol. The van der Waals surface area contributed by atoms with Crippen molar-refractivity contribution in [1.82, 2.24) is 0 Å². The van der Waals surface area contributed by atoms with Crippen LogP contribution in [0.3, 0.4) is 0 Å². The molecule has 6 heteroatoms. The molecule has 0 amide bonds. The van der Waals surface area contributed by atoms with Gasteiger partial charge in [0, 0.05) is 7.11 Å². The highest BCUT2D eigenvalue weighted by molar-refractivity contribution is 5.35. The van der Waals surface area contributed by atoms with Crippen LogP contribution in [0.15, 0.2) is 0 Å². The van der Waals surface area contributed by atoms with E-state index in [4.69, 9.17) is 20.5 Å². The smallest absolute Gasteiger partial charge is 0.227 e. The summed E-state index contributed by atoms with van der Waals surface area (Å²) in [6.45, 7) is 3.12. The standard InChI is InChI=1S/C8H14N2O4/c1-6(2,13-3)14-8(10)5(11)7(8,12)4-9/h5,11-12H,10H2,1-3H3/t5?,7-,8?/m1/s1. The molecular formula is C8H14N2O4. The van der Waals surface area contributed by atoms with Crippen molar-refractivity contribution < 1.29 is 19.7 Å². The lowest BCUT2D eigenvalue weighted by Gasteiger charge is -2.27. The van der Waals surface area contributed by atoms with Crippen molar-refractivity contribution in [2.75, 3.05) is 7.11 Å². The van der Waals surface area contributed by atoms with E-state index in [1.165, 1.54) is 13.2 Å². The van der Waals surface area contributed by atoms with Crippen LogP contribution in [0.1, 0.15) is 13.8 Å². The molecule has 0 aromatic heterocycles. The third-order valence-electron chi connectivity index (χ3n) is 2.39. The quantitative estimate of drug-likeness (QED) is 0.386. The van der Waals surface area contributed by atoms with Crippen LogP contribution in [0.2, 0.25) is 0 Å². The van der Waals surface area contributed by atoms with E-state index >= 15 is 0 Å². The molecule has 1 rings (SSSR count). The summed E-state index contributed by atoms with van der Waals surface area (Å²) in [6.07, 6.45) is -1.42. The van der Waals surface area contributed by atoms with Crippen LogP contribution >= 0.6 is 0 Å². The van der Waals surface area contributed by atoms with E-state index < -0.39 is 23.2 Å². The van der Waals surface area contributed by atoms with Crippen molar-refractivity contribution in [3.05, 3.63) is 0 Å². The number of nitriles is 1. The minimum Gasteiger partial charge on any atom is -0.384 e. The number of methoxy groups -OCH3 is 1. The highest BCUT2D eigenvalue weighted by Crippen LogP contribution is 2.48. The highest BCUT2D eigenvalue weighted by Gasteiger charge is 2.79. The number of aliphatic hydroxyl groups excluding tert-OH is 1. The van der Waals surface area contributed by atoms with E-state index in [1.807, 2.05) is 0 Å². The summed E-state index contributed by atoms with van der Waals surface area (Å²) in [7, 11) is 1.39. The Bertz CT molecular complexity index is 288. The van der Waals surface area contributed by atoms with Gasteiger partial charge in [-0.2, -0.15) is 5.26 Å². The zero-order valence-corrected chi connectivity index (χ0v) is 8.31. The van der Waals surface area contributed by atoms with Crippen molar-refractivity contribution >= 4 is 0 Å². The van der Waals surface area contributed by atoms with Crippen molar-refractivity contribution in [1.29, 1.82) is 5.26 Å². The molecule has 0 spiro atoms. The first-order chi connectivity index (χ1) is 6.23. The number of nitrogens with zero attached hydrogens (tertiary/aromatic N) is 1. The predicted octanol–water partition coefficient (Wildman–Crippen LogP) is -1.33. The molecule has 1 aliphatic rings. The molecule has 0 aromatic rings. The Morgan fingerprint density at radius 2 is 2.07 bits per heavy atom. The van der Waals surface area contributed by atoms with Gasteiger partial charge in [-0.25, -0.2) is 0 Å². The summed E-state index contributed by atoms with van der Waals surface area (Å²) in [5, 5.41) is 27.3. The second-order valence-corrected chi connectivity index (χ2v) is 3.78. The molecule has 0 aromatic carbocycles. The van der Waals surface area contributed by atoms with Crippen molar-refractivity contribution in [3.8, 4) is 6.07 Å². The van der Waals surface area contributed by atoms with Gasteiger partial charge in [0.25, 0.3) is 0 Å². The summed E-state index contributed by atoms with van der Waals surface area (Å²) in [6, 6.07) is 1.50. The van der Waals surface area contributed by atoms with Gasteiger partial charge in [0.05, 0.1) is 0 Å². The van der Waals surface area contributed by atoms with Gasteiger partial charge < -0.3 is 19.7 Å². The molecule has 2 unspecified atom stereocenters. The minimum atomic E-state index is -2.05. The molecule has 4 N–H and O–H groups in total. The number of aliphatic hydroxyl groups is 2. The fourth-order valence-electron chi connectivity index (χ4n) is 1.17. The summed E-state index contributed by atoms with van der Waals surface area (Å²) >= 11 is 0. The second-order valence-electron chi connectivity index (χ2n) is 3.78. The van der Waals surface area contributed by atoms with E-state index in [1.54, 1.807) is 13.8 Å². The zero-order chi connectivity index (χ0) is 11.2. The molecule has 14 heavy (non-hydrogen) atoms. The predicted molar refractivity (Wildman–Crippen MR) is 45.7 cm³/mol. The van der Waals surface area contributed by atoms with E-state index in [0.717, 1.165) is 0 Å². The van der Waals surface area contributed by atoms with Crippen molar-refractivity contribution in [2.45, 2.75) is 37.1 Å². The van der Waals surface area contributed by atoms with E-state index in [0.29, 0.717) is 0 Å². The van der Waals surface area contributed by atoms with Crippen LogP contribution in [0, 0.1) is 11.3 Å². The van der Waals surface area contributed by atoms with Gasteiger partial charge in [0.15, 0.2) is 11.5 Å². The number of ether oxygens (including phenoxy) is 2. The first-order valence-electron chi connectivity index (χ1n) is 4.09. The molecule has 0 aliphatic heterocycles. The van der Waals surface area contributed by atoms with Gasteiger partial charge in [0.1, 0.15) is 12.2 Å². The summed E-state index contributed by atoms with van der Waals surface area (Å²) in [5.74, 6) is -1.07. The molecule has 1 fully saturated rings. The SMILES string of the molecule is COC(C)(C)OC1(N)C(O)[C@]1(O)C#N. The lowest BCUT2D eigenvalue weighted by molar-refractivity contribution is -0.245. The first kappa shape index (κ1) is 11.4. The summed E-state index contributed by atoms with van der Waals surface area (Å²) in [5.41, 5.74) is 1.69. The summed E-state index contributed by atoms with van der Waals surface area (Å²) < 4.78 is 10.0. The number of nitrogens with two attached hydrogens (primary N) is 1. The van der Waals surface area contributed by atoms with Gasteiger partial charge in [-0.05, 0) is 13.8 Å². The second kappa shape index (κ2) is 2.89. The molecule has 80 valence electrons. The lowest BCUT2D eigenvalue weighted by Crippen LogP contribution is -2.45. The van der Waals surface area contributed by atoms with E-state index in [9.17, 15) is 10.2 Å². The normalized spacial score (nSPS) is 41.9. The molecule has 3 atom stereocenters. The van der Waals surface area contributed by atoms with Gasteiger partial charge in [-0.15, -0.1) is 0 Å². The van der Waals surface area contributed by atoms with Crippen LogP contribution in [0.5, 0.6) is 0 Å². The van der Waals surface area contributed by atoms with Crippen LogP contribution in [0.25, 0.3) is 0 Å². The third kappa shape index (κ3) is 1.30. The maximum absolute atomic E-state index is 9.47. The topological polar surface area (TPSA) is 109 Å². The van der Waals surface area contributed by atoms with Gasteiger partial charge in [0.2, 0.25) is 5.60 Å². The Hall–Kier alpha value is -0.710. The average molecular weight is 202 g/mol. The van der Waals surface area contributed by atoms with Crippen LogP contribution in [-0.2, 0) is 9.47 Å². The fourth-order valence-corrected chi connectivity index (χ4v) is 1.17. The van der Waals surface area contributed by atoms with Gasteiger partial charge >= 0.3 is 0 Å². The van der Waals surface area contributed by atoms with Crippen LogP contribution < -0.4 is 5.73 Å². The summed E-state index contributed by atoms with van der Waals surface area (Å²) in [4.78, 5) is 0. The Labute approximate surface area is 81.8 Å². The maximum Gasteiger partial charge on any atom is 0.227 e. The van der Waals surface area contributed by atoms with Crippen molar-refractivity contribution in [2.24, 2.45) is 5.73 Å². The number of hydrogen-bond acceptors (Lipinski definition) is 6. The lowest BCUT2D eigenvalue weighted by atomic mass is 10.3. The van der Waals surface area contributed by atoms with E-state index in [2.05, 4.69) is 0 Å². The van der Waals surface area contributed by atoms with Crippen molar-refractivity contribution in [3.63, 3.8) is 0 Å². The zero-order valence-electron chi connectivity index (χ0n) is 8.31. The Morgan fingerprint density at radius 3 is 2.36 bits per heavy atom. The van der Waals surface area contributed by atoms with Gasteiger partial charge in [-0.1, -0.05) is 0 Å². The average Bonchev–Trinajstić information content (AvgIpc) is 2.52. The minimum absolute atomic E-state index is 1.07. The van der Waals surface area contributed by atoms with E-state index in [-0.39, 0.29) is 0 Å². The Morgan fingerprint density at radius 1 is 1.57 bits per heavy atom. The maximum atomic E-state index is 9.47. The third-order valence-corrected chi connectivity index (χ3v) is 2.39. The largest absolute Gasteiger partial charge is 0.384 e. The molecule has 0 heterocycles. The highest BCUT2D eigenvalue weighted by atomic mass is 16.7. The van der Waals surface area contributed by atoms with Crippen LogP contribution in [0.4, 0.5) is 0 Å². The number of hydrogen-bond donors (Lipinski definition) is 3. The fraction of sp³-hybridized carbons (Fsp3) is 0.875. The first-order valence-corrected chi connectivity index (χ1v) is 4.09. The molecule has 0 bridgehead atoms. The molecular weight excluding hydrogens is 188 g/mol. The Balaban J connectivity index is 2.79. The van der Waals surface area contributed by atoms with Crippen LogP contribution in [-0.4, -0.2) is 40.5 Å². The molecule has 1 aliphatic carbocycles. The Kier molecular flexibility index (Phi) is 2.34. The molecule has 1 saturated carbocycles. The molecule has 0 radical (unpaired) electrons.